The Morgan fingerprint density at radius 3 is 1.52 bits per heavy atom. The predicted molar refractivity (Wildman–Crippen MR) is 100 cm³/mol. The van der Waals surface area contributed by atoms with E-state index in [1.54, 1.807) is 12.1 Å². The van der Waals surface area contributed by atoms with Gasteiger partial charge in [-0.05, 0) is 12.1 Å². The van der Waals surface area contributed by atoms with Gasteiger partial charge in [-0.15, -0.1) is 0 Å². The molecule has 0 bridgehead atoms. The smallest absolute Gasteiger partial charge is 0.255 e. The maximum absolute atomic E-state index is 12.7. The van der Waals surface area contributed by atoms with Crippen molar-refractivity contribution in [2.75, 3.05) is 0 Å². The van der Waals surface area contributed by atoms with E-state index in [-0.39, 0.29) is 5.91 Å². The first kappa shape index (κ1) is 15.7. The summed E-state index contributed by atoms with van der Waals surface area (Å²) in [6.07, 6.45) is -2.41. The van der Waals surface area contributed by atoms with Gasteiger partial charge in [-0.3, -0.25) is 4.79 Å². The van der Waals surface area contributed by atoms with Crippen molar-refractivity contribution < 1.29 is 4.79 Å². The van der Waals surface area contributed by atoms with Gasteiger partial charge < -0.3 is 5.09 Å². The molecule has 3 aromatic carbocycles. The van der Waals surface area contributed by atoms with Gasteiger partial charge >= 0.3 is 0 Å². The summed E-state index contributed by atoms with van der Waals surface area (Å²) in [7, 11) is 0. The van der Waals surface area contributed by atoms with Gasteiger partial charge in [0.25, 0.3) is 5.91 Å². The van der Waals surface area contributed by atoms with Gasteiger partial charge in [-0.1, -0.05) is 90.7 Å². The molecule has 4 heteroatoms. The minimum absolute atomic E-state index is 0.137. The van der Waals surface area contributed by atoms with Crippen molar-refractivity contribution in [2.45, 2.75) is 0 Å². The summed E-state index contributed by atoms with van der Waals surface area (Å²) >= 11 is 5.99. The number of carbonyl (C=O) groups excluding carboxylic acids is 1. The lowest BCUT2D eigenvalue weighted by Gasteiger charge is -2.24. The minimum Gasteiger partial charge on any atom is -0.317 e. The molecular formula is C19H16NOPS. The van der Waals surface area contributed by atoms with Crippen LogP contribution in [0.2, 0.25) is 0 Å². The van der Waals surface area contributed by atoms with Gasteiger partial charge in [-0.2, -0.15) is 0 Å². The van der Waals surface area contributed by atoms with Crippen LogP contribution >= 0.6 is 6.19 Å². The summed E-state index contributed by atoms with van der Waals surface area (Å²) in [5.41, 5.74) is 0.619. The molecule has 0 aliphatic carbocycles. The van der Waals surface area contributed by atoms with Crippen molar-refractivity contribution in [2.24, 2.45) is 0 Å². The first-order valence-corrected chi connectivity index (χ1v) is 10.1. The van der Waals surface area contributed by atoms with E-state index in [0.717, 1.165) is 10.6 Å². The summed E-state index contributed by atoms with van der Waals surface area (Å²) in [5, 5.41) is 5.08. The average Bonchev–Trinajstić information content (AvgIpc) is 2.64. The molecule has 1 N–H and O–H groups in total. The van der Waals surface area contributed by atoms with Crippen LogP contribution in [0.1, 0.15) is 10.4 Å². The highest BCUT2D eigenvalue weighted by atomic mass is 32.4. The zero-order valence-corrected chi connectivity index (χ0v) is 14.1. The molecule has 0 atom stereocenters. The van der Waals surface area contributed by atoms with Crippen LogP contribution in [0.25, 0.3) is 0 Å². The zero-order valence-electron chi connectivity index (χ0n) is 12.4. The molecule has 0 fully saturated rings. The van der Waals surface area contributed by atoms with Gasteiger partial charge in [-0.25, -0.2) is 0 Å². The molecule has 0 unspecified atom stereocenters. The second-order valence-corrected chi connectivity index (χ2v) is 9.21. The molecule has 0 saturated heterocycles. The fourth-order valence-corrected chi connectivity index (χ4v) is 5.49. The number of amides is 1. The third-order valence-electron chi connectivity index (χ3n) is 3.53. The quantitative estimate of drug-likeness (QED) is 0.739. The van der Waals surface area contributed by atoms with E-state index >= 15 is 0 Å². The largest absolute Gasteiger partial charge is 0.317 e. The van der Waals surface area contributed by atoms with Crippen LogP contribution in [0.15, 0.2) is 91.0 Å². The molecule has 3 aromatic rings. The lowest BCUT2D eigenvalue weighted by molar-refractivity contribution is 0.0983. The van der Waals surface area contributed by atoms with Crippen molar-refractivity contribution in [3.05, 3.63) is 96.6 Å². The van der Waals surface area contributed by atoms with E-state index < -0.39 is 6.19 Å². The average molecular weight is 337 g/mol. The third kappa shape index (κ3) is 3.42. The Kier molecular flexibility index (Phi) is 4.71. The van der Waals surface area contributed by atoms with Crippen molar-refractivity contribution >= 4 is 34.5 Å². The molecule has 0 aliphatic heterocycles. The zero-order chi connectivity index (χ0) is 16.1. The molecule has 0 heterocycles. The SMILES string of the molecule is O=C(NP(=S)(c1ccccc1)c1ccccc1)c1ccccc1. The monoisotopic (exact) mass is 337 g/mol. The molecule has 1 amide bonds. The van der Waals surface area contributed by atoms with E-state index in [2.05, 4.69) is 5.09 Å². The van der Waals surface area contributed by atoms with Crippen LogP contribution in [0.3, 0.4) is 0 Å². The Labute approximate surface area is 141 Å². The van der Waals surface area contributed by atoms with Gasteiger partial charge in [0.1, 0.15) is 0 Å². The Bertz CT molecular complexity index is 792. The van der Waals surface area contributed by atoms with E-state index in [1.165, 1.54) is 0 Å². The normalized spacial score (nSPS) is 11.0. The van der Waals surface area contributed by atoms with Crippen LogP contribution < -0.4 is 15.7 Å². The molecule has 23 heavy (non-hydrogen) atoms. The molecule has 2 nitrogen and oxygen atoms in total. The summed E-state index contributed by atoms with van der Waals surface area (Å²) in [4.78, 5) is 12.7. The summed E-state index contributed by atoms with van der Waals surface area (Å²) in [6.45, 7) is 0. The Morgan fingerprint density at radius 2 is 1.09 bits per heavy atom. The lowest BCUT2D eigenvalue weighted by atomic mass is 10.2. The van der Waals surface area contributed by atoms with Gasteiger partial charge in [0.2, 0.25) is 0 Å². The summed E-state index contributed by atoms with van der Waals surface area (Å²) in [5.74, 6) is -0.137. The van der Waals surface area contributed by atoms with Crippen LogP contribution in [-0.2, 0) is 11.8 Å². The minimum atomic E-state index is -2.41. The summed E-state index contributed by atoms with van der Waals surface area (Å²) in [6, 6.07) is 28.8. The third-order valence-corrected chi connectivity index (χ3v) is 7.64. The first-order valence-electron chi connectivity index (χ1n) is 7.29. The van der Waals surface area contributed by atoms with Gasteiger partial charge in [0.15, 0.2) is 0 Å². The highest BCUT2D eigenvalue weighted by molar-refractivity contribution is 8.21. The second kappa shape index (κ2) is 6.91. The fourth-order valence-electron chi connectivity index (χ4n) is 2.35. The number of nitrogens with one attached hydrogen (secondary N) is 1. The van der Waals surface area contributed by atoms with Crippen LogP contribution in [-0.4, -0.2) is 5.91 Å². The summed E-state index contributed by atoms with van der Waals surface area (Å²) < 4.78 is 0. The Morgan fingerprint density at radius 1 is 0.696 bits per heavy atom. The highest BCUT2D eigenvalue weighted by Gasteiger charge is 2.24. The van der Waals surface area contributed by atoms with E-state index in [4.69, 9.17) is 11.8 Å². The molecule has 0 radical (unpaired) electrons. The Hall–Kier alpha value is -2.22. The predicted octanol–water partition coefficient (Wildman–Crippen LogP) is 3.46. The number of benzene rings is 3. The standard InChI is InChI=1S/C19H16NOPS/c21-19(16-10-4-1-5-11-16)20-22(23,17-12-6-2-7-13-17)18-14-8-3-9-15-18/h1-15H,(H,20,21,23). The molecule has 0 saturated carbocycles. The van der Waals surface area contributed by atoms with Crippen molar-refractivity contribution in [3.63, 3.8) is 0 Å². The molecule has 114 valence electrons. The van der Waals surface area contributed by atoms with E-state index in [0.29, 0.717) is 5.56 Å². The van der Waals surface area contributed by atoms with Crippen LogP contribution in [0.5, 0.6) is 0 Å². The number of rotatable bonds is 4. The second-order valence-electron chi connectivity index (χ2n) is 5.09. The van der Waals surface area contributed by atoms with E-state index in [9.17, 15) is 4.79 Å². The van der Waals surface area contributed by atoms with E-state index in [1.807, 2.05) is 78.9 Å². The van der Waals surface area contributed by atoms with Crippen molar-refractivity contribution in [1.82, 2.24) is 5.09 Å². The Balaban J connectivity index is 2.04. The number of hydrogen-bond acceptors (Lipinski definition) is 2. The topological polar surface area (TPSA) is 29.1 Å². The van der Waals surface area contributed by atoms with Crippen LogP contribution in [0, 0.1) is 0 Å². The first-order chi connectivity index (χ1) is 11.2. The number of hydrogen-bond donors (Lipinski definition) is 1. The van der Waals surface area contributed by atoms with Crippen molar-refractivity contribution in [1.29, 1.82) is 0 Å². The molecule has 0 aliphatic rings. The van der Waals surface area contributed by atoms with Gasteiger partial charge in [0.05, 0.1) is 6.19 Å². The highest BCUT2D eigenvalue weighted by Crippen LogP contribution is 2.39. The molecule has 0 aromatic heterocycles. The fraction of sp³-hybridized carbons (Fsp3) is 0. The number of carbonyl (C=O) groups is 1. The maximum atomic E-state index is 12.7. The lowest BCUT2D eigenvalue weighted by Crippen LogP contribution is -2.31. The van der Waals surface area contributed by atoms with Crippen molar-refractivity contribution in [3.8, 4) is 0 Å². The molecular weight excluding hydrogens is 321 g/mol. The van der Waals surface area contributed by atoms with Gasteiger partial charge in [0, 0.05) is 16.2 Å². The molecule has 0 spiro atoms. The van der Waals surface area contributed by atoms with Crippen LogP contribution in [0.4, 0.5) is 0 Å². The maximum Gasteiger partial charge on any atom is 0.255 e. The molecule has 3 rings (SSSR count).